The normalized spacial score (nSPS) is 10.9. The average Bonchev–Trinajstić information content (AvgIpc) is 3.03. The van der Waals surface area contributed by atoms with Gasteiger partial charge in [0.15, 0.2) is 5.96 Å². The molecule has 0 saturated heterocycles. The number of hydrogen-bond donors (Lipinski definition) is 2. The van der Waals surface area contributed by atoms with E-state index in [1.807, 2.05) is 20.3 Å². The van der Waals surface area contributed by atoms with Crippen molar-refractivity contribution in [1.82, 2.24) is 15.6 Å². The Kier molecular flexibility index (Phi) is 9.05. The Labute approximate surface area is 165 Å². The number of rotatable bonds is 6. The van der Waals surface area contributed by atoms with Gasteiger partial charge in [-0.3, -0.25) is 4.99 Å². The number of aromatic nitrogens is 1. The maximum Gasteiger partial charge on any atom is 0.191 e. The molecule has 0 aliphatic carbocycles. The third kappa shape index (κ3) is 6.27. The molecule has 0 radical (unpaired) electrons. The van der Waals surface area contributed by atoms with Crippen LogP contribution in [0, 0.1) is 0 Å². The molecule has 132 valence electrons. The zero-order valence-electron chi connectivity index (χ0n) is 14.7. The number of aryl methyl sites for hydroxylation is 1. The summed E-state index contributed by atoms with van der Waals surface area (Å²) >= 11 is 1.74. The van der Waals surface area contributed by atoms with E-state index in [2.05, 4.69) is 56.7 Å². The summed E-state index contributed by atoms with van der Waals surface area (Å²) in [5.41, 5.74) is 2.42. The van der Waals surface area contributed by atoms with Crippen LogP contribution in [0.3, 0.4) is 0 Å². The highest BCUT2D eigenvalue weighted by Crippen LogP contribution is 2.13. The molecule has 0 amide bonds. The summed E-state index contributed by atoms with van der Waals surface area (Å²) in [5, 5.41) is 7.71. The number of halogens is 1. The molecule has 24 heavy (non-hydrogen) atoms. The van der Waals surface area contributed by atoms with Crippen LogP contribution in [0.1, 0.15) is 22.4 Å². The minimum atomic E-state index is 0. The van der Waals surface area contributed by atoms with E-state index in [0.717, 1.165) is 23.9 Å². The fourth-order valence-electron chi connectivity index (χ4n) is 2.07. The number of nitrogens with one attached hydrogen (secondary N) is 2. The first-order valence-corrected chi connectivity index (χ1v) is 8.58. The second-order valence-corrected chi connectivity index (χ2v) is 6.61. The number of nitrogens with zero attached hydrogens (tertiary/aromatic N) is 3. The largest absolute Gasteiger partial charge is 0.378 e. The summed E-state index contributed by atoms with van der Waals surface area (Å²) in [6, 6.07) is 8.50. The molecule has 7 heteroatoms. The second kappa shape index (κ2) is 10.5. The first-order valence-electron chi connectivity index (χ1n) is 7.76. The molecule has 1 heterocycles. The summed E-state index contributed by atoms with van der Waals surface area (Å²) in [5.74, 6) is 0.787. The van der Waals surface area contributed by atoms with E-state index in [-0.39, 0.29) is 24.0 Å². The molecule has 0 spiro atoms. The lowest BCUT2D eigenvalue weighted by Crippen LogP contribution is -2.36. The number of benzene rings is 1. The van der Waals surface area contributed by atoms with Crippen molar-refractivity contribution < 1.29 is 0 Å². The lowest BCUT2D eigenvalue weighted by Gasteiger charge is -2.14. The Morgan fingerprint density at radius 3 is 2.38 bits per heavy atom. The highest BCUT2D eigenvalue weighted by Gasteiger charge is 2.03. The predicted molar refractivity (Wildman–Crippen MR) is 115 cm³/mol. The third-order valence-electron chi connectivity index (χ3n) is 3.49. The SMILES string of the molecule is CCc1cnc(CNC(=NC)NCc2ccc(N(C)C)cc2)s1.I. The highest BCUT2D eigenvalue weighted by molar-refractivity contribution is 14.0. The number of aliphatic imine (C=N–C) groups is 1. The van der Waals surface area contributed by atoms with Gasteiger partial charge in [-0.1, -0.05) is 19.1 Å². The van der Waals surface area contributed by atoms with Crippen molar-refractivity contribution in [2.75, 3.05) is 26.0 Å². The van der Waals surface area contributed by atoms with Gasteiger partial charge in [0.25, 0.3) is 0 Å². The summed E-state index contributed by atoms with van der Waals surface area (Å²) in [4.78, 5) is 12.1. The monoisotopic (exact) mass is 459 g/mol. The van der Waals surface area contributed by atoms with Crippen molar-refractivity contribution >= 4 is 47.0 Å². The van der Waals surface area contributed by atoms with Gasteiger partial charge < -0.3 is 15.5 Å². The van der Waals surface area contributed by atoms with Crippen molar-refractivity contribution in [3.05, 3.63) is 45.9 Å². The molecule has 1 aromatic carbocycles. The number of guanidine groups is 1. The molecule has 0 atom stereocenters. The lowest BCUT2D eigenvalue weighted by molar-refractivity contribution is 0.805. The third-order valence-corrected chi connectivity index (χ3v) is 4.63. The molecule has 0 fully saturated rings. The number of hydrogen-bond acceptors (Lipinski definition) is 4. The standard InChI is InChI=1S/C17H25N5S.HI/c1-5-15-11-19-16(23-15)12-21-17(18-2)20-10-13-6-8-14(9-7-13)22(3)4;/h6-9,11H,5,10,12H2,1-4H3,(H2,18,20,21);1H. The van der Waals surface area contributed by atoms with Crippen molar-refractivity contribution in [2.45, 2.75) is 26.4 Å². The minimum Gasteiger partial charge on any atom is -0.378 e. The fourth-order valence-corrected chi connectivity index (χ4v) is 2.87. The van der Waals surface area contributed by atoms with Crippen LogP contribution in [-0.4, -0.2) is 32.1 Å². The van der Waals surface area contributed by atoms with Crippen molar-refractivity contribution in [3.63, 3.8) is 0 Å². The Balaban J connectivity index is 0.00000288. The van der Waals surface area contributed by atoms with E-state index in [4.69, 9.17) is 0 Å². The first-order chi connectivity index (χ1) is 11.1. The van der Waals surface area contributed by atoms with Crippen LogP contribution >= 0.6 is 35.3 Å². The molecular formula is C17H26IN5S. The fraction of sp³-hybridized carbons (Fsp3) is 0.412. The Morgan fingerprint density at radius 1 is 1.17 bits per heavy atom. The van der Waals surface area contributed by atoms with Gasteiger partial charge in [0.2, 0.25) is 0 Å². The van der Waals surface area contributed by atoms with Gasteiger partial charge in [0, 0.05) is 44.4 Å². The van der Waals surface area contributed by atoms with Gasteiger partial charge in [-0.2, -0.15) is 0 Å². The molecule has 2 N–H and O–H groups in total. The molecule has 0 aliphatic rings. The molecule has 2 rings (SSSR count). The van der Waals surface area contributed by atoms with Crippen LogP contribution in [0.15, 0.2) is 35.5 Å². The molecule has 2 aromatic rings. The maximum absolute atomic E-state index is 4.41. The molecule has 0 bridgehead atoms. The van der Waals surface area contributed by atoms with Gasteiger partial charge in [0.05, 0.1) is 6.54 Å². The number of anilines is 1. The van der Waals surface area contributed by atoms with Crippen LogP contribution in [-0.2, 0) is 19.5 Å². The van der Waals surface area contributed by atoms with E-state index < -0.39 is 0 Å². The highest BCUT2D eigenvalue weighted by atomic mass is 127. The van der Waals surface area contributed by atoms with Gasteiger partial charge in [-0.15, -0.1) is 35.3 Å². The van der Waals surface area contributed by atoms with E-state index in [9.17, 15) is 0 Å². The van der Waals surface area contributed by atoms with Crippen LogP contribution in [0.5, 0.6) is 0 Å². The predicted octanol–water partition coefficient (Wildman–Crippen LogP) is 3.25. The van der Waals surface area contributed by atoms with Gasteiger partial charge in [-0.05, 0) is 24.1 Å². The molecule has 0 aliphatic heterocycles. The minimum absolute atomic E-state index is 0. The Bertz CT molecular complexity index is 637. The smallest absolute Gasteiger partial charge is 0.191 e. The van der Waals surface area contributed by atoms with Crippen LogP contribution in [0.25, 0.3) is 0 Å². The first kappa shape index (κ1) is 20.7. The Morgan fingerprint density at radius 2 is 1.83 bits per heavy atom. The number of thiazole rings is 1. The molecular weight excluding hydrogens is 433 g/mol. The van der Waals surface area contributed by atoms with E-state index in [0.29, 0.717) is 6.54 Å². The van der Waals surface area contributed by atoms with Gasteiger partial charge in [0.1, 0.15) is 5.01 Å². The van der Waals surface area contributed by atoms with Crippen LogP contribution in [0.2, 0.25) is 0 Å². The lowest BCUT2D eigenvalue weighted by atomic mass is 10.2. The van der Waals surface area contributed by atoms with Gasteiger partial charge in [-0.25, -0.2) is 4.98 Å². The quantitative estimate of drug-likeness (QED) is 0.396. The molecule has 0 unspecified atom stereocenters. The Hall–Kier alpha value is -1.35. The summed E-state index contributed by atoms with van der Waals surface area (Å²) in [6.07, 6.45) is 2.98. The molecule has 1 aromatic heterocycles. The summed E-state index contributed by atoms with van der Waals surface area (Å²) in [6.45, 7) is 3.59. The topological polar surface area (TPSA) is 52.6 Å². The van der Waals surface area contributed by atoms with Crippen molar-refractivity contribution in [3.8, 4) is 0 Å². The molecule has 0 saturated carbocycles. The maximum atomic E-state index is 4.41. The zero-order chi connectivity index (χ0) is 16.7. The van der Waals surface area contributed by atoms with Crippen LogP contribution < -0.4 is 15.5 Å². The average molecular weight is 459 g/mol. The van der Waals surface area contributed by atoms with Crippen molar-refractivity contribution in [1.29, 1.82) is 0 Å². The van der Waals surface area contributed by atoms with E-state index in [1.54, 1.807) is 18.4 Å². The summed E-state index contributed by atoms with van der Waals surface area (Å²) < 4.78 is 0. The van der Waals surface area contributed by atoms with E-state index in [1.165, 1.54) is 16.1 Å². The summed E-state index contributed by atoms with van der Waals surface area (Å²) in [7, 11) is 5.87. The van der Waals surface area contributed by atoms with E-state index >= 15 is 0 Å². The second-order valence-electron chi connectivity index (χ2n) is 5.41. The van der Waals surface area contributed by atoms with Gasteiger partial charge >= 0.3 is 0 Å². The van der Waals surface area contributed by atoms with Crippen molar-refractivity contribution in [2.24, 2.45) is 4.99 Å². The van der Waals surface area contributed by atoms with Crippen LogP contribution in [0.4, 0.5) is 5.69 Å². The zero-order valence-corrected chi connectivity index (χ0v) is 17.8. The molecule has 5 nitrogen and oxygen atoms in total.